The van der Waals surface area contributed by atoms with Crippen molar-refractivity contribution in [1.29, 1.82) is 0 Å². The SMILES string of the molecule is Cc1ccc(CNC(=O)CC(C)C2CCCNC2)cc1F.Cl. The number of hydrogen-bond acceptors (Lipinski definition) is 2. The molecule has 0 saturated carbocycles. The Morgan fingerprint density at radius 3 is 2.91 bits per heavy atom. The summed E-state index contributed by atoms with van der Waals surface area (Å²) in [6, 6.07) is 5.09. The summed E-state index contributed by atoms with van der Waals surface area (Å²) in [6.45, 7) is 6.37. The van der Waals surface area contributed by atoms with E-state index in [0.29, 0.717) is 30.4 Å². The summed E-state index contributed by atoms with van der Waals surface area (Å²) in [5.74, 6) is 0.798. The number of amides is 1. The first-order chi connectivity index (χ1) is 10.1. The van der Waals surface area contributed by atoms with Gasteiger partial charge in [-0.1, -0.05) is 19.1 Å². The number of rotatable bonds is 5. The minimum Gasteiger partial charge on any atom is -0.352 e. The average Bonchev–Trinajstić information content (AvgIpc) is 2.49. The van der Waals surface area contributed by atoms with Crippen molar-refractivity contribution >= 4 is 18.3 Å². The van der Waals surface area contributed by atoms with E-state index in [9.17, 15) is 9.18 Å². The summed E-state index contributed by atoms with van der Waals surface area (Å²) in [5, 5.41) is 6.27. The van der Waals surface area contributed by atoms with Crippen molar-refractivity contribution < 1.29 is 9.18 Å². The number of carbonyl (C=O) groups is 1. The predicted molar refractivity (Wildman–Crippen MR) is 89.6 cm³/mol. The maximum Gasteiger partial charge on any atom is 0.220 e. The van der Waals surface area contributed by atoms with Gasteiger partial charge >= 0.3 is 0 Å². The van der Waals surface area contributed by atoms with E-state index < -0.39 is 0 Å². The van der Waals surface area contributed by atoms with E-state index in [0.717, 1.165) is 18.7 Å². The van der Waals surface area contributed by atoms with Gasteiger partial charge in [-0.25, -0.2) is 4.39 Å². The van der Waals surface area contributed by atoms with Crippen LogP contribution in [0.15, 0.2) is 18.2 Å². The van der Waals surface area contributed by atoms with E-state index in [1.54, 1.807) is 13.0 Å². The Hall–Kier alpha value is -1.13. The molecule has 0 spiro atoms. The summed E-state index contributed by atoms with van der Waals surface area (Å²) in [7, 11) is 0. The summed E-state index contributed by atoms with van der Waals surface area (Å²) in [6.07, 6.45) is 2.94. The van der Waals surface area contributed by atoms with Crippen molar-refractivity contribution in [2.24, 2.45) is 11.8 Å². The Balaban J connectivity index is 0.00000242. The Bertz CT molecular complexity index is 490. The van der Waals surface area contributed by atoms with E-state index in [1.807, 2.05) is 6.07 Å². The van der Waals surface area contributed by atoms with Gasteiger partial charge in [0.1, 0.15) is 5.82 Å². The lowest BCUT2D eigenvalue weighted by molar-refractivity contribution is -0.122. The second kappa shape index (κ2) is 9.11. The number of piperidine rings is 1. The molecule has 1 aromatic rings. The molecule has 0 bridgehead atoms. The van der Waals surface area contributed by atoms with Crippen molar-refractivity contribution in [3.8, 4) is 0 Å². The van der Waals surface area contributed by atoms with Crippen LogP contribution < -0.4 is 10.6 Å². The van der Waals surface area contributed by atoms with Gasteiger partial charge in [0.25, 0.3) is 0 Å². The van der Waals surface area contributed by atoms with Crippen molar-refractivity contribution in [3.63, 3.8) is 0 Å². The van der Waals surface area contributed by atoms with Crippen LogP contribution in [0.5, 0.6) is 0 Å². The van der Waals surface area contributed by atoms with Crippen LogP contribution in [0.3, 0.4) is 0 Å². The fraction of sp³-hybridized carbons (Fsp3) is 0.588. The lowest BCUT2D eigenvalue weighted by Crippen LogP contribution is -2.35. The van der Waals surface area contributed by atoms with Crippen LogP contribution in [0.4, 0.5) is 4.39 Å². The Kier molecular flexibility index (Phi) is 7.83. The molecule has 22 heavy (non-hydrogen) atoms. The van der Waals surface area contributed by atoms with E-state index >= 15 is 0 Å². The maximum absolute atomic E-state index is 13.4. The van der Waals surface area contributed by atoms with Crippen molar-refractivity contribution in [2.75, 3.05) is 13.1 Å². The van der Waals surface area contributed by atoms with Gasteiger partial charge in [0.05, 0.1) is 0 Å². The highest BCUT2D eigenvalue weighted by Crippen LogP contribution is 2.22. The highest BCUT2D eigenvalue weighted by molar-refractivity contribution is 5.85. The zero-order chi connectivity index (χ0) is 15.2. The summed E-state index contributed by atoms with van der Waals surface area (Å²) < 4.78 is 13.4. The maximum atomic E-state index is 13.4. The molecule has 1 saturated heterocycles. The second-order valence-corrected chi connectivity index (χ2v) is 6.15. The number of hydrogen-bond donors (Lipinski definition) is 2. The van der Waals surface area contributed by atoms with E-state index in [4.69, 9.17) is 0 Å². The summed E-state index contributed by atoms with van der Waals surface area (Å²) in [5.41, 5.74) is 1.43. The third kappa shape index (κ3) is 5.58. The monoisotopic (exact) mass is 328 g/mol. The number of benzene rings is 1. The molecule has 2 N–H and O–H groups in total. The van der Waals surface area contributed by atoms with Crippen LogP contribution in [-0.4, -0.2) is 19.0 Å². The third-order valence-corrected chi connectivity index (χ3v) is 4.37. The fourth-order valence-electron chi connectivity index (χ4n) is 2.84. The molecule has 1 amide bonds. The van der Waals surface area contributed by atoms with Gasteiger partial charge < -0.3 is 10.6 Å². The molecular formula is C17H26ClFN2O. The average molecular weight is 329 g/mol. The molecule has 0 aromatic heterocycles. The molecule has 5 heteroatoms. The van der Waals surface area contributed by atoms with E-state index in [2.05, 4.69) is 17.6 Å². The van der Waals surface area contributed by atoms with Crippen LogP contribution in [0, 0.1) is 24.6 Å². The van der Waals surface area contributed by atoms with Gasteiger partial charge in [-0.2, -0.15) is 0 Å². The largest absolute Gasteiger partial charge is 0.352 e. The van der Waals surface area contributed by atoms with E-state index in [1.165, 1.54) is 18.9 Å². The molecule has 2 atom stereocenters. The minimum atomic E-state index is -0.219. The number of aryl methyl sites for hydroxylation is 1. The first-order valence-corrected chi connectivity index (χ1v) is 7.78. The van der Waals surface area contributed by atoms with Crippen molar-refractivity contribution in [2.45, 2.75) is 39.7 Å². The zero-order valence-electron chi connectivity index (χ0n) is 13.3. The van der Waals surface area contributed by atoms with Gasteiger partial charge in [0, 0.05) is 13.0 Å². The summed E-state index contributed by atoms with van der Waals surface area (Å²) >= 11 is 0. The standard InChI is InChI=1S/C17H25FN2O.ClH/c1-12-5-6-14(9-16(12)18)10-20-17(21)8-13(2)15-4-3-7-19-11-15;/h5-6,9,13,15,19H,3-4,7-8,10-11H2,1-2H3,(H,20,21);1H. The molecule has 0 aliphatic carbocycles. The number of nitrogens with one attached hydrogen (secondary N) is 2. The van der Waals surface area contributed by atoms with Crippen LogP contribution >= 0.6 is 12.4 Å². The van der Waals surface area contributed by atoms with Gasteiger partial charge in [-0.3, -0.25) is 4.79 Å². The van der Waals surface area contributed by atoms with Gasteiger partial charge in [0.2, 0.25) is 5.91 Å². The summed E-state index contributed by atoms with van der Waals surface area (Å²) in [4.78, 5) is 12.0. The molecule has 1 heterocycles. The molecule has 2 rings (SSSR count). The first-order valence-electron chi connectivity index (χ1n) is 7.78. The van der Waals surface area contributed by atoms with Crippen LogP contribution in [0.1, 0.15) is 37.3 Å². The molecule has 1 aromatic carbocycles. The smallest absolute Gasteiger partial charge is 0.220 e. The molecule has 1 fully saturated rings. The normalized spacial score (nSPS) is 19.1. The highest BCUT2D eigenvalue weighted by Gasteiger charge is 2.21. The van der Waals surface area contributed by atoms with Crippen molar-refractivity contribution in [1.82, 2.24) is 10.6 Å². The predicted octanol–water partition coefficient (Wildman–Crippen LogP) is 3.20. The van der Waals surface area contributed by atoms with E-state index in [-0.39, 0.29) is 24.1 Å². The molecule has 124 valence electrons. The van der Waals surface area contributed by atoms with Crippen LogP contribution in [-0.2, 0) is 11.3 Å². The van der Waals surface area contributed by atoms with Gasteiger partial charge in [-0.05, 0) is 61.9 Å². The molecule has 1 aliphatic rings. The Morgan fingerprint density at radius 2 is 2.27 bits per heavy atom. The minimum absolute atomic E-state index is 0. The first kappa shape index (κ1) is 18.9. The van der Waals surface area contributed by atoms with Crippen LogP contribution in [0.2, 0.25) is 0 Å². The topological polar surface area (TPSA) is 41.1 Å². The lowest BCUT2D eigenvalue weighted by Gasteiger charge is -2.28. The zero-order valence-corrected chi connectivity index (χ0v) is 14.1. The van der Waals surface area contributed by atoms with Gasteiger partial charge in [0.15, 0.2) is 0 Å². The molecule has 0 radical (unpaired) electrons. The second-order valence-electron chi connectivity index (χ2n) is 6.15. The number of carbonyl (C=O) groups excluding carboxylic acids is 1. The number of halogens is 2. The highest BCUT2D eigenvalue weighted by atomic mass is 35.5. The molecule has 2 unspecified atom stereocenters. The van der Waals surface area contributed by atoms with Crippen LogP contribution in [0.25, 0.3) is 0 Å². The van der Waals surface area contributed by atoms with Crippen molar-refractivity contribution in [3.05, 3.63) is 35.1 Å². The third-order valence-electron chi connectivity index (χ3n) is 4.37. The lowest BCUT2D eigenvalue weighted by atomic mass is 9.85. The molecule has 1 aliphatic heterocycles. The van der Waals surface area contributed by atoms with Gasteiger partial charge in [-0.15, -0.1) is 12.4 Å². The molecule has 3 nitrogen and oxygen atoms in total. The Morgan fingerprint density at radius 1 is 1.50 bits per heavy atom. The fourth-order valence-corrected chi connectivity index (χ4v) is 2.84. The quantitative estimate of drug-likeness (QED) is 0.871. The Labute approximate surface area is 138 Å². The molecular weight excluding hydrogens is 303 g/mol.